The third-order valence-electron chi connectivity index (χ3n) is 4.90. The Morgan fingerprint density at radius 2 is 1.84 bits per heavy atom. The molecule has 1 fully saturated rings. The van der Waals surface area contributed by atoms with Crippen LogP contribution in [0.25, 0.3) is 0 Å². The summed E-state index contributed by atoms with van der Waals surface area (Å²) < 4.78 is 10.8. The van der Waals surface area contributed by atoms with Gasteiger partial charge in [-0.1, -0.05) is 41.4 Å². The van der Waals surface area contributed by atoms with Crippen molar-refractivity contribution in [1.82, 2.24) is 10.6 Å². The van der Waals surface area contributed by atoms with Crippen molar-refractivity contribution in [2.45, 2.75) is 31.4 Å². The molecule has 31 heavy (non-hydrogen) atoms. The van der Waals surface area contributed by atoms with Crippen molar-refractivity contribution in [1.29, 1.82) is 0 Å². The number of ether oxygens (including phenoxy) is 2. The molecule has 0 saturated carbocycles. The monoisotopic (exact) mass is 486 g/mol. The lowest BCUT2D eigenvalue weighted by molar-refractivity contribution is -0.142. The summed E-state index contributed by atoms with van der Waals surface area (Å²) in [5.74, 6) is -0.320. The molecular formula is C22H25Cl3N2O4. The number of methoxy groups -OCH3 is 1. The maximum Gasteiger partial charge on any atom is 0.328 e. The van der Waals surface area contributed by atoms with E-state index in [2.05, 4.69) is 10.6 Å². The molecular weight excluding hydrogens is 463 g/mol. The number of nitrogens with one attached hydrogen (secondary N) is 2. The number of hydrogen-bond acceptors (Lipinski definition) is 5. The van der Waals surface area contributed by atoms with Crippen LogP contribution in [0.1, 0.15) is 28.8 Å². The summed E-state index contributed by atoms with van der Waals surface area (Å²) in [4.78, 5) is 24.9. The summed E-state index contributed by atoms with van der Waals surface area (Å²) in [6.07, 6.45) is 2.53. The molecule has 0 aromatic heterocycles. The minimum atomic E-state index is -0.885. The van der Waals surface area contributed by atoms with Gasteiger partial charge in [0.1, 0.15) is 17.9 Å². The molecule has 168 valence electrons. The number of amides is 1. The molecule has 2 N–H and O–H groups in total. The second-order valence-corrected chi connectivity index (χ2v) is 7.89. The molecule has 3 rings (SSSR count). The lowest BCUT2D eigenvalue weighted by Gasteiger charge is -2.24. The fourth-order valence-electron chi connectivity index (χ4n) is 3.33. The number of benzene rings is 2. The molecule has 0 radical (unpaired) electrons. The molecule has 2 aromatic carbocycles. The first-order valence-corrected chi connectivity index (χ1v) is 10.5. The van der Waals surface area contributed by atoms with Gasteiger partial charge in [0.2, 0.25) is 0 Å². The van der Waals surface area contributed by atoms with E-state index in [1.54, 1.807) is 18.2 Å². The molecule has 1 aliphatic rings. The number of carbonyl (C=O) groups is 2. The van der Waals surface area contributed by atoms with Crippen molar-refractivity contribution in [3.8, 4) is 5.75 Å². The molecule has 0 unspecified atom stereocenters. The topological polar surface area (TPSA) is 76.7 Å². The third kappa shape index (κ3) is 7.01. The lowest BCUT2D eigenvalue weighted by Crippen LogP contribution is -2.43. The summed E-state index contributed by atoms with van der Waals surface area (Å²) >= 11 is 12.2. The van der Waals surface area contributed by atoms with Crippen molar-refractivity contribution >= 4 is 47.5 Å². The highest BCUT2D eigenvalue weighted by Crippen LogP contribution is 2.24. The second kappa shape index (κ2) is 12.2. The van der Waals surface area contributed by atoms with Crippen LogP contribution in [-0.4, -0.2) is 44.2 Å². The highest BCUT2D eigenvalue weighted by molar-refractivity contribution is 6.39. The van der Waals surface area contributed by atoms with Gasteiger partial charge in [-0.05, 0) is 49.2 Å². The van der Waals surface area contributed by atoms with E-state index in [1.807, 2.05) is 24.3 Å². The number of rotatable bonds is 7. The Labute approximate surface area is 198 Å². The average Bonchev–Trinajstić information content (AvgIpc) is 2.74. The molecule has 0 aliphatic carbocycles. The Balaban J connectivity index is 0.00000341. The zero-order valence-electron chi connectivity index (χ0n) is 17.0. The first-order chi connectivity index (χ1) is 14.5. The van der Waals surface area contributed by atoms with Gasteiger partial charge >= 0.3 is 5.97 Å². The van der Waals surface area contributed by atoms with Crippen molar-refractivity contribution in [3.05, 3.63) is 63.6 Å². The van der Waals surface area contributed by atoms with Crippen LogP contribution in [0.15, 0.2) is 42.5 Å². The van der Waals surface area contributed by atoms with Crippen LogP contribution in [0.4, 0.5) is 0 Å². The van der Waals surface area contributed by atoms with Crippen molar-refractivity contribution in [2.24, 2.45) is 0 Å². The van der Waals surface area contributed by atoms with Gasteiger partial charge in [-0.3, -0.25) is 4.79 Å². The standard InChI is InChI=1S/C22H24Cl2N2O4.ClH/c1-29-22(28)19(26-21(27)20-17(23)5-2-6-18(20)24)12-14-7-9-15(10-8-14)30-16-4-3-11-25-13-16;/h2,5-10,16,19,25H,3-4,11-13H2,1H3,(H,26,27);1H/t16-,19-;/m0./s1. The Hall–Kier alpha value is -1.99. The van der Waals surface area contributed by atoms with Gasteiger partial charge in [0.05, 0.1) is 22.7 Å². The number of piperidine rings is 1. The minimum absolute atomic E-state index is 0. The molecule has 2 atom stereocenters. The molecule has 1 heterocycles. The maximum absolute atomic E-state index is 12.7. The minimum Gasteiger partial charge on any atom is -0.489 e. The van der Waals surface area contributed by atoms with Crippen LogP contribution in [0.2, 0.25) is 10.0 Å². The van der Waals surface area contributed by atoms with Gasteiger partial charge in [0.15, 0.2) is 0 Å². The number of esters is 1. The Kier molecular flexibility index (Phi) is 9.91. The van der Waals surface area contributed by atoms with Crippen molar-refractivity contribution in [3.63, 3.8) is 0 Å². The maximum atomic E-state index is 12.7. The quantitative estimate of drug-likeness (QED) is 0.576. The van der Waals surface area contributed by atoms with E-state index < -0.39 is 17.9 Å². The fraction of sp³-hybridized carbons (Fsp3) is 0.364. The predicted molar refractivity (Wildman–Crippen MR) is 124 cm³/mol. The Morgan fingerprint density at radius 3 is 2.42 bits per heavy atom. The van der Waals surface area contributed by atoms with Gasteiger partial charge < -0.3 is 20.1 Å². The largest absolute Gasteiger partial charge is 0.489 e. The molecule has 1 saturated heterocycles. The second-order valence-electron chi connectivity index (χ2n) is 7.08. The zero-order chi connectivity index (χ0) is 21.5. The normalized spacial score (nSPS) is 16.5. The molecule has 6 nitrogen and oxygen atoms in total. The van der Waals surface area contributed by atoms with Crippen LogP contribution >= 0.6 is 35.6 Å². The van der Waals surface area contributed by atoms with E-state index in [1.165, 1.54) is 7.11 Å². The third-order valence-corrected chi connectivity index (χ3v) is 5.53. The van der Waals surface area contributed by atoms with Crippen LogP contribution in [0.3, 0.4) is 0 Å². The first-order valence-electron chi connectivity index (χ1n) is 9.77. The number of carbonyl (C=O) groups excluding carboxylic acids is 2. The summed E-state index contributed by atoms with van der Waals surface area (Å²) in [6, 6.07) is 11.4. The first kappa shape index (κ1) is 25.3. The van der Waals surface area contributed by atoms with Crippen LogP contribution < -0.4 is 15.4 Å². The Bertz CT molecular complexity index is 867. The highest BCUT2D eigenvalue weighted by Gasteiger charge is 2.25. The Morgan fingerprint density at radius 1 is 1.16 bits per heavy atom. The summed E-state index contributed by atoms with van der Waals surface area (Å²) in [5.41, 5.74) is 0.977. The molecule has 1 amide bonds. The van der Waals surface area contributed by atoms with Crippen LogP contribution in [0, 0.1) is 0 Å². The average molecular weight is 488 g/mol. The molecule has 0 spiro atoms. The van der Waals surface area contributed by atoms with Crippen LogP contribution in [0.5, 0.6) is 5.75 Å². The summed E-state index contributed by atoms with van der Waals surface area (Å²) in [5, 5.41) is 6.41. The van der Waals surface area contributed by atoms with Crippen molar-refractivity contribution < 1.29 is 19.1 Å². The van der Waals surface area contributed by atoms with E-state index in [-0.39, 0.29) is 40.5 Å². The number of hydrogen-bond donors (Lipinski definition) is 2. The van der Waals surface area contributed by atoms with E-state index in [4.69, 9.17) is 32.7 Å². The lowest BCUT2D eigenvalue weighted by atomic mass is 10.0. The van der Waals surface area contributed by atoms with Gasteiger partial charge in [-0.25, -0.2) is 4.79 Å². The zero-order valence-corrected chi connectivity index (χ0v) is 19.4. The summed E-state index contributed by atoms with van der Waals surface area (Å²) in [7, 11) is 1.28. The van der Waals surface area contributed by atoms with E-state index in [0.29, 0.717) is 0 Å². The molecule has 0 bridgehead atoms. The van der Waals surface area contributed by atoms with Crippen molar-refractivity contribution in [2.75, 3.05) is 20.2 Å². The fourth-order valence-corrected chi connectivity index (χ4v) is 3.90. The SMILES string of the molecule is COC(=O)[C@H](Cc1ccc(O[C@H]2CCCNC2)cc1)NC(=O)c1c(Cl)cccc1Cl.Cl. The molecule has 1 aliphatic heterocycles. The summed E-state index contributed by atoms with van der Waals surface area (Å²) in [6.45, 7) is 1.86. The van der Waals surface area contributed by atoms with E-state index >= 15 is 0 Å². The van der Waals surface area contributed by atoms with Gasteiger partial charge in [0, 0.05) is 13.0 Å². The van der Waals surface area contributed by atoms with E-state index in [9.17, 15) is 9.59 Å². The smallest absolute Gasteiger partial charge is 0.328 e. The molecule has 9 heteroatoms. The highest BCUT2D eigenvalue weighted by atomic mass is 35.5. The van der Waals surface area contributed by atoms with E-state index in [0.717, 1.165) is 37.2 Å². The predicted octanol–water partition coefficient (Wildman–Crippen LogP) is 4.06. The number of halogens is 3. The van der Waals surface area contributed by atoms with Gasteiger partial charge in [0.25, 0.3) is 5.91 Å². The van der Waals surface area contributed by atoms with Gasteiger partial charge in [-0.15, -0.1) is 12.4 Å². The van der Waals surface area contributed by atoms with Crippen LogP contribution in [-0.2, 0) is 16.0 Å². The molecule has 2 aromatic rings. The van der Waals surface area contributed by atoms with Gasteiger partial charge in [-0.2, -0.15) is 0 Å².